The topological polar surface area (TPSA) is 183 Å². The summed E-state index contributed by atoms with van der Waals surface area (Å²) in [5, 5.41) is 31.0. The number of nitro benzene ring substituents is 1. The Hall–Kier alpha value is -4.17. The molecule has 2 amide bonds. The molecule has 16 heteroatoms. The highest BCUT2D eigenvalue weighted by molar-refractivity contribution is 14.1. The number of aliphatic hydroxyl groups is 1. The van der Waals surface area contributed by atoms with Gasteiger partial charge in [-0.25, -0.2) is 9.59 Å². The number of nitrogens with one attached hydrogen (secondary N) is 3. The van der Waals surface area contributed by atoms with Crippen LogP contribution in [0.15, 0.2) is 71.0 Å². The summed E-state index contributed by atoms with van der Waals surface area (Å²) >= 11 is 4.34. The molecule has 1 heterocycles. The number of hydrogen-bond acceptors (Lipinski definition) is 11. The number of halogens is 2. The number of esters is 1. The number of ether oxygens (including phenoxy) is 4. The zero-order valence-electron chi connectivity index (χ0n) is 25.4. The molecule has 0 radical (unpaired) electrons. The van der Waals surface area contributed by atoms with Crippen LogP contribution in [0.5, 0.6) is 17.2 Å². The van der Waals surface area contributed by atoms with E-state index in [4.69, 9.17) is 18.9 Å². The van der Waals surface area contributed by atoms with Crippen LogP contribution in [-0.2, 0) is 16.1 Å². The molecule has 0 spiro atoms. The van der Waals surface area contributed by atoms with Crippen LogP contribution in [0.3, 0.4) is 0 Å². The Morgan fingerprint density at radius 3 is 2.55 bits per heavy atom. The zero-order valence-corrected chi connectivity index (χ0v) is 29.7. The summed E-state index contributed by atoms with van der Waals surface area (Å²) in [7, 11) is 1.26. The lowest BCUT2D eigenvalue weighted by Gasteiger charge is -2.28. The summed E-state index contributed by atoms with van der Waals surface area (Å²) < 4.78 is 24.3. The lowest BCUT2D eigenvalue weighted by molar-refractivity contribution is -0.384. The van der Waals surface area contributed by atoms with E-state index < -0.39 is 29.2 Å². The predicted molar refractivity (Wildman–Crippen MR) is 188 cm³/mol. The van der Waals surface area contributed by atoms with E-state index >= 15 is 0 Å². The van der Waals surface area contributed by atoms with Crippen LogP contribution in [0.1, 0.15) is 36.6 Å². The number of non-ortho nitro benzene ring substituents is 1. The quantitative estimate of drug-likeness (QED) is 0.0434. The van der Waals surface area contributed by atoms with Gasteiger partial charge in [-0.05, 0) is 107 Å². The third-order valence-electron chi connectivity index (χ3n) is 6.67. The molecule has 3 aromatic carbocycles. The largest absolute Gasteiger partial charge is 0.490 e. The number of urea groups is 1. The number of benzene rings is 3. The van der Waals surface area contributed by atoms with Crippen molar-refractivity contribution < 1.29 is 38.6 Å². The molecule has 0 saturated carbocycles. The van der Waals surface area contributed by atoms with Crippen LogP contribution in [0.2, 0.25) is 0 Å². The Kier molecular flexibility index (Phi) is 12.6. The maximum absolute atomic E-state index is 12.5. The molecule has 3 aromatic rings. The van der Waals surface area contributed by atoms with Crippen LogP contribution in [0.4, 0.5) is 10.5 Å². The summed E-state index contributed by atoms with van der Waals surface area (Å²) in [6.45, 7) is 3.72. The standard InChI is InChI=1S/C31H31I2N5O9/c1-4-45-25-12-19(28-27(30(40)44-3)17(2)35-31(41)36-28)7-10-24(25)46-16-26(39)37-34-14-20-11-21(32)13-23(33)29(20)47-15-18-5-8-22(9-6-18)38(42)43/h5-14,26,28,37,39H,4,15-16H2,1-3H3,(H2,35,36,41)/b34-14+/t26-,28+/m1/s1. The zero-order chi connectivity index (χ0) is 34.1. The Balaban J connectivity index is 1.42. The molecule has 248 valence electrons. The molecule has 0 aliphatic carbocycles. The number of nitro groups is 1. The molecule has 14 nitrogen and oxygen atoms in total. The summed E-state index contributed by atoms with van der Waals surface area (Å²) in [5.41, 5.74) is 5.24. The van der Waals surface area contributed by atoms with Gasteiger partial charge in [-0.1, -0.05) is 6.07 Å². The first kappa shape index (κ1) is 35.7. The van der Waals surface area contributed by atoms with E-state index in [0.717, 1.165) is 12.7 Å². The van der Waals surface area contributed by atoms with Crippen LogP contribution in [-0.4, -0.2) is 54.8 Å². The van der Waals surface area contributed by atoms with Crippen LogP contribution < -0.4 is 30.3 Å². The first-order valence-electron chi connectivity index (χ1n) is 14.1. The number of rotatable bonds is 14. The van der Waals surface area contributed by atoms with Gasteiger partial charge in [0.1, 0.15) is 19.0 Å². The van der Waals surface area contributed by atoms with Gasteiger partial charge in [0.2, 0.25) is 0 Å². The number of carbonyl (C=O) groups excluding carboxylic acids is 2. The molecule has 4 rings (SSSR count). The van der Waals surface area contributed by atoms with Crippen molar-refractivity contribution in [1.82, 2.24) is 16.1 Å². The summed E-state index contributed by atoms with van der Waals surface area (Å²) in [4.78, 5) is 35.1. The van der Waals surface area contributed by atoms with E-state index in [1.54, 1.807) is 44.2 Å². The lowest BCUT2D eigenvalue weighted by Crippen LogP contribution is -2.45. The molecule has 1 aliphatic rings. The molecule has 0 aromatic heterocycles. The average Bonchev–Trinajstić information content (AvgIpc) is 3.03. The number of hydrogen-bond donors (Lipinski definition) is 4. The van der Waals surface area contributed by atoms with Crippen molar-refractivity contribution in [3.05, 3.63) is 99.8 Å². The number of aliphatic hydroxyl groups excluding tert-OH is 1. The van der Waals surface area contributed by atoms with Gasteiger partial charge in [0.05, 0.1) is 40.0 Å². The highest BCUT2D eigenvalue weighted by atomic mass is 127. The fourth-order valence-electron chi connectivity index (χ4n) is 4.51. The summed E-state index contributed by atoms with van der Waals surface area (Å²) in [5.74, 6) is 0.650. The molecule has 47 heavy (non-hydrogen) atoms. The number of amides is 2. The van der Waals surface area contributed by atoms with Crippen molar-refractivity contribution in [2.45, 2.75) is 32.7 Å². The number of carbonyl (C=O) groups is 2. The van der Waals surface area contributed by atoms with Gasteiger partial charge < -0.3 is 34.7 Å². The maximum atomic E-state index is 12.5. The molecule has 0 fully saturated rings. The normalized spacial score (nSPS) is 15.0. The highest BCUT2D eigenvalue weighted by Crippen LogP contribution is 2.35. The summed E-state index contributed by atoms with van der Waals surface area (Å²) in [6.07, 6.45) is 0.313. The molecular formula is C31H31I2N5O9. The Morgan fingerprint density at radius 1 is 1.13 bits per heavy atom. The first-order valence-corrected chi connectivity index (χ1v) is 16.2. The molecule has 1 aliphatic heterocycles. The minimum atomic E-state index is -1.20. The van der Waals surface area contributed by atoms with Gasteiger partial charge in [0.15, 0.2) is 17.7 Å². The van der Waals surface area contributed by atoms with E-state index in [2.05, 4.69) is 66.3 Å². The second-order valence-electron chi connectivity index (χ2n) is 9.93. The van der Waals surface area contributed by atoms with Gasteiger partial charge in [-0.3, -0.25) is 15.5 Å². The van der Waals surface area contributed by atoms with Crippen molar-refractivity contribution in [3.63, 3.8) is 0 Å². The summed E-state index contributed by atoms with van der Waals surface area (Å²) in [6, 6.07) is 13.6. The minimum absolute atomic E-state index is 0.000844. The first-order chi connectivity index (χ1) is 22.5. The average molecular weight is 871 g/mol. The van der Waals surface area contributed by atoms with Crippen LogP contribution >= 0.6 is 45.2 Å². The fraction of sp³-hybridized carbons (Fsp3) is 0.258. The second-order valence-corrected chi connectivity index (χ2v) is 12.3. The van der Waals surface area contributed by atoms with Crippen molar-refractivity contribution in [3.8, 4) is 17.2 Å². The van der Waals surface area contributed by atoms with E-state index in [1.807, 2.05) is 12.1 Å². The van der Waals surface area contributed by atoms with E-state index in [1.165, 1.54) is 25.5 Å². The fourth-order valence-corrected chi connectivity index (χ4v) is 6.56. The maximum Gasteiger partial charge on any atom is 0.337 e. The highest BCUT2D eigenvalue weighted by Gasteiger charge is 2.32. The number of nitrogens with zero attached hydrogens (tertiary/aromatic N) is 2. The Labute approximate surface area is 297 Å². The third-order valence-corrected chi connectivity index (χ3v) is 8.09. The van der Waals surface area contributed by atoms with Crippen molar-refractivity contribution in [1.29, 1.82) is 0 Å². The van der Waals surface area contributed by atoms with Crippen molar-refractivity contribution >= 4 is 69.1 Å². The van der Waals surface area contributed by atoms with E-state index in [9.17, 15) is 24.8 Å². The smallest absolute Gasteiger partial charge is 0.337 e. The van der Waals surface area contributed by atoms with Crippen molar-refractivity contribution in [2.24, 2.45) is 5.10 Å². The van der Waals surface area contributed by atoms with Gasteiger partial charge in [0, 0.05) is 27.0 Å². The van der Waals surface area contributed by atoms with Crippen LogP contribution in [0.25, 0.3) is 0 Å². The molecule has 0 unspecified atom stereocenters. The molecule has 0 saturated heterocycles. The molecule has 4 N–H and O–H groups in total. The monoisotopic (exact) mass is 871 g/mol. The second kappa shape index (κ2) is 16.6. The minimum Gasteiger partial charge on any atom is -0.490 e. The SMILES string of the molecule is CCOc1cc([C@@H]2NC(=O)NC(C)=C2C(=O)OC)ccc1OC[C@@H](O)N/N=C/c1cc(I)cc(I)c1OCc1ccc([N+](=O)[O-])cc1. The molecular weight excluding hydrogens is 840 g/mol. The van der Waals surface area contributed by atoms with E-state index in [0.29, 0.717) is 40.7 Å². The molecule has 2 atom stereocenters. The van der Waals surface area contributed by atoms with Crippen LogP contribution in [0, 0.1) is 17.3 Å². The Bertz CT molecular complexity index is 1700. The van der Waals surface area contributed by atoms with Gasteiger partial charge in [0.25, 0.3) is 5.69 Å². The van der Waals surface area contributed by atoms with E-state index in [-0.39, 0.29) is 24.5 Å². The number of allylic oxidation sites excluding steroid dienone is 1. The third kappa shape index (κ3) is 9.44. The number of methoxy groups -OCH3 is 1. The van der Waals surface area contributed by atoms with Gasteiger partial charge >= 0.3 is 12.0 Å². The predicted octanol–water partition coefficient (Wildman–Crippen LogP) is 4.90. The lowest BCUT2D eigenvalue weighted by atomic mass is 9.95. The van der Waals surface area contributed by atoms with Gasteiger partial charge in [-0.15, -0.1) is 0 Å². The van der Waals surface area contributed by atoms with Gasteiger partial charge in [-0.2, -0.15) is 5.10 Å². The van der Waals surface area contributed by atoms with Crippen molar-refractivity contribution in [2.75, 3.05) is 20.3 Å². The Morgan fingerprint density at radius 2 is 1.87 bits per heavy atom. The number of hydrazone groups is 1. The molecule has 0 bridgehead atoms.